The van der Waals surface area contributed by atoms with Gasteiger partial charge in [0.15, 0.2) is 6.61 Å². The summed E-state index contributed by atoms with van der Waals surface area (Å²) in [6.07, 6.45) is 3.26. The van der Waals surface area contributed by atoms with Gasteiger partial charge >= 0.3 is 0 Å². The summed E-state index contributed by atoms with van der Waals surface area (Å²) in [6.45, 7) is 0.643. The van der Waals surface area contributed by atoms with Crippen LogP contribution in [0.25, 0.3) is 0 Å². The molecule has 20 heavy (non-hydrogen) atoms. The average Bonchev–Trinajstić information content (AvgIpc) is 3.08. The summed E-state index contributed by atoms with van der Waals surface area (Å²) < 4.78 is 12.3. The van der Waals surface area contributed by atoms with Crippen LogP contribution in [0.5, 0.6) is 5.75 Å². The molecule has 102 valence electrons. The zero-order valence-corrected chi connectivity index (χ0v) is 10.6. The van der Waals surface area contributed by atoms with E-state index in [-0.39, 0.29) is 6.61 Å². The lowest BCUT2D eigenvalue weighted by atomic mass is 10.3. The van der Waals surface area contributed by atoms with Crippen LogP contribution in [0.2, 0.25) is 0 Å². The third-order valence-corrected chi connectivity index (χ3v) is 2.57. The standard InChI is InChI=1S/C13H13N5O2/c14-10-6-15-18(7-10)8-13-16-12(17-20-13)9-19-11-4-2-1-3-5-11/h1-7H,8-9,14H2. The minimum Gasteiger partial charge on any atom is -0.485 e. The summed E-state index contributed by atoms with van der Waals surface area (Å²) in [5.41, 5.74) is 6.17. The molecule has 7 heteroatoms. The molecular formula is C13H13N5O2. The summed E-state index contributed by atoms with van der Waals surface area (Å²) >= 11 is 0. The van der Waals surface area contributed by atoms with Crippen LogP contribution in [-0.4, -0.2) is 19.9 Å². The average molecular weight is 271 g/mol. The van der Waals surface area contributed by atoms with Crippen molar-refractivity contribution < 1.29 is 9.26 Å². The summed E-state index contributed by atoms with van der Waals surface area (Å²) in [5.74, 6) is 1.71. The summed E-state index contributed by atoms with van der Waals surface area (Å²) in [6, 6.07) is 9.47. The van der Waals surface area contributed by atoms with Crippen LogP contribution < -0.4 is 10.5 Å². The van der Waals surface area contributed by atoms with Crippen molar-refractivity contribution in [1.82, 2.24) is 19.9 Å². The predicted octanol–water partition coefficient (Wildman–Crippen LogP) is 1.48. The third-order valence-electron chi connectivity index (χ3n) is 2.57. The van der Waals surface area contributed by atoms with E-state index >= 15 is 0 Å². The number of aromatic nitrogens is 4. The van der Waals surface area contributed by atoms with Crippen molar-refractivity contribution in [1.29, 1.82) is 0 Å². The first-order valence-corrected chi connectivity index (χ1v) is 6.07. The number of hydrogen-bond acceptors (Lipinski definition) is 6. The highest BCUT2D eigenvalue weighted by molar-refractivity contribution is 5.30. The van der Waals surface area contributed by atoms with Crippen LogP contribution in [0.3, 0.4) is 0 Å². The first-order chi connectivity index (χ1) is 9.79. The minimum absolute atomic E-state index is 0.259. The van der Waals surface area contributed by atoms with Gasteiger partial charge in [0.2, 0.25) is 11.7 Å². The molecule has 0 unspecified atom stereocenters. The van der Waals surface area contributed by atoms with E-state index in [0.717, 1.165) is 5.75 Å². The number of para-hydroxylation sites is 1. The molecule has 2 N–H and O–H groups in total. The molecule has 0 bridgehead atoms. The van der Waals surface area contributed by atoms with Gasteiger partial charge in [0, 0.05) is 6.20 Å². The fourth-order valence-electron chi connectivity index (χ4n) is 1.68. The SMILES string of the molecule is Nc1cnn(Cc2nc(COc3ccccc3)no2)c1. The predicted molar refractivity (Wildman–Crippen MR) is 70.8 cm³/mol. The molecule has 3 rings (SSSR count). The maximum absolute atomic E-state index is 5.58. The molecule has 0 saturated carbocycles. The molecule has 1 aromatic carbocycles. The number of nitrogen functional groups attached to an aromatic ring is 1. The van der Waals surface area contributed by atoms with E-state index in [1.807, 2.05) is 30.3 Å². The second-order valence-electron chi connectivity index (χ2n) is 4.18. The van der Waals surface area contributed by atoms with E-state index in [2.05, 4.69) is 15.2 Å². The van der Waals surface area contributed by atoms with Crippen LogP contribution in [0.4, 0.5) is 5.69 Å². The molecule has 2 aromatic heterocycles. The molecule has 0 fully saturated rings. The molecular weight excluding hydrogens is 258 g/mol. The Balaban J connectivity index is 1.59. The Labute approximate surface area is 115 Å². The lowest BCUT2D eigenvalue weighted by Gasteiger charge is -2.01. The summed E-state index contributed by atoms with van der Waals surface area (Å²) in [7, 11) is 0. The van der Waals surface area contributed by atoms with Gasteiger partial charge in [0.1, 0.15) is 12.3 Å². The van der Waals surface area contributed by atoms with Crippen LogP contribution >= 0.6 is 0 Å². The van der Waals surface area contributed by atoms with Gasteiger partial charge in [-0.1, -0.05) is 23.4 Å². The van der Waals surface area contributed by atoms with Crippen molar-refractivity contribution in [2.75, 3.05) is 5.73 Å². The quantitative estimate of drug-likeness (QED) is 0.755. The zero-order valence-electron chi connectivity index (χ0n) is 10.6. The van der Waals surface area contributed by atoms with Gasteiger partial charge in [-0.05, 0) is 12.1 Å². The molecule has 0 aliphatic carbocycles. The van der Waals surface area contributed by atoms with E-state index in [4.69, 9.17) is 15.0 Å². The molecule has 0 atom stereocenters. The van der Waals surface area contributed by atoms with Gasteiger partial charge in [-0.2, -0.15) is 10.1 Å². The summed E-state index contributed by atoms with van der Waals surface area (Å²) in [5, 5.41) is 7.90. The van der Waals surface area contributed by atoms with E-state index in [1.54, 1.807) is 17.1 Å². The van der Waals surface area contributed by atoms with Crippen LogP contribution in [0.1, 0.15) is 11.7 Å². The number of benzene rings is 1. The highest BCUT2D eigenvalue weighted by atomic mass is 16.5. The van der Waals surface area contributed by atoms with Crippen LogP contribution in [-0.2, 0) is 13.2 Å². The zero-order chi connectivity index (χ0) is 13.8. The largest absolute Gasteiger partial charge is 0.485 e. The minimum atomic E-state index is 0.259. The molecule has 0 spiro atoms. The first-order valence-electron chi connectivity index (χ1n) is 6.07. The van der Waals surface area contributed by atoms with Crippen LogP contribution in [0, 0.1) is 0 Å². The van der Waals surface area contributed by atoms with Crippen molar-refractivity contribution >= 4 is 5.69 Å². The molecule has 0 aliphatic heterocycles. The third kappa shape index (κ3) is 2.94. The number of nitrogens with two attached hydrogens (primary N) is 1. The summed E-state index contributed by atoms with van der Waals surface area (Å²) in [4.78, 5) is 4.23. The van der Waals surface area contributed by atoms with Crippen molar-refractivity contribution in [2.24, 2.45) is 0 Å². The van der Waals surface area contributed by atoms with Gasteiger partial charge in [-0.15, -0.1) is 0 Å². The van der Waals surface area contributed by atoms with Crippen LogP contribution in [0.15, 0.2) is 47.2 Å². The Morgan fingerprint density at radius 1 is 1.25 bits per heavy atom. The fourth-order valence-corrected chi connectivity index (χ4v) is 1.68. The Morgan fingerprint density at radius 2 is 2.10 bits per heavy atom. The van der Waals surface area contributed by atoms with Crippen molar-refractivity contribution in [3.8, 4) is 5.75 Å². The number of hydrogen-bond donors (Lipinski definition) is 1. The van der Waals surface area contributed by atoms with Gasteiger partial charge in [-0.25, -0.2) is 0 Å². The molecule has 0 aliphatic rings. The lowest BCUT2D eigenvalue weighted by molar-refractivity contribution is 0.284. The Kier molecular flexibility index (Phi) is 3.32. The van der Waals surface area contributed by atoms with Crippen molar-refractivity contribution in [3.63, 3.8) is 0 Å². The molecule has 0 radical (unpaired) electrons. The Bertz CT molecular complexity index is 677. The molecule has 0 saturated heterocycles. The fraction of sp³-hybridized carbons (Fsp3) is 0.154. The smallest absolute Gasteiger partial charge is 0.248 e. The Hall–Kier alpha value is -2.83. The number of rotatable bonds is 5. The second-order valence-corrected chi connectivity index (χ2v) is 4.18. The maximum Gasteiger partial charge on any atom is 0.248 e. The number of nitrogens with zero attached hydrogens (tertiary/aromatic N) is 4. The highest BCUT2D eigenvalue weighted by Crippen LogP contribution is 2.10. The van der Waals surface area contributed by atoms with E-state index in [0.29, 0.717) is 23.9 Å². The van der Waals surface area contributed by atoms with Gasteiger partial charge in [0.25, 0.3) is 0 Å². The maximum atomic E-state index is 5.58. The molecule has 2 heterocycles. The highest BCUT2D eigenvalue weighted by Gasteiger charge is 2.08. The second kappa shape index (κ2) is 5.43. The normalized spacial score (nSPS) is 10.6. The van der Waals surface area contributed by atoms with E-state index in [1.165, 1.54) is 0 Å². The van der Waals surface area contributed by atoms with Gasteiger partial charge in [0.05, 0.1) is 11.9 Å². The van der Waals surface area contributed by atoms with Crippen molar-refractivity contribution in [2.45, 2.75) is 13.2 Å². The van der Waals surface area contributed by atoms with E-state index < -0.39 is 0 Å². The first kappa shape index (κ1) is 12.2. The molecule has 7 nitrogen and oxygen atoms in total. The number of anilines is 1. The van der Waals surface area contributed by atoms with Crippen molar-refractivity contribution in [3.05, 3.63) is 54.4 Å². The Morgan fingerprint density at radius 3 is 2.85 bits per heavy atom. The monoisotopic (exact) mass is 271 g/mol. The lowest BCUT2D eigenvalue weighted by Crippen LogP contribution is -2.01. The van der Waals surface area contributed by atoms with Gasteiger partial charge in [-0.3, -0.25) is 4.68 Å². The molecule has 3 aromatic rings. The number of ether oxygens (including phenoxy) is 1. The topological polar surface area (TPSA) is 92.0 Å². The molecule has 0 amide bonds. The van der Waals surface area contributed by atoms with E-state index in [9.17, 15) is 0 Å². The van der Waals surface area contributed by atoms with Gasteiger partial charge < -0.3 is 15.0 Å².